The largest absolute Gasteiger partial charge is 0.322 e. The van der Waals surface area contributed by atoms with Gasteiger partial charge in [0.1, 0.15) is 23.1 Å². The maximum absolute atomic E-state index is 13.8. The fraction of sp³-hybridized carbons (Fsp3) is 0.143. The van der Waals surface area contributed by atoms with E-state index in [1.54, 1.807) is 13.0 Å². The molecule has 1 heterocycles. The number of hydrogen-bond donors (Lipinski definition) is 1. The Kier molecular flexibility index (Phi) is 5.84. The molecule has 0 aliphatic heterocycles. The third kappa shape index (κ3) is 4.16. The highest BCUT2D eigenvalue weighted by molar-refractivity contribution is 7.91. The fourth-order valence-corrected chi connectivity index (χ4v) is 4.65. The molecule has 1 amide bonds. The molecule has 0 fully saturated rings. The van der Waals surface area contributed by atoms with Crippen molar-refractivity contribution in [2.75, 3.05) is 5.32 Å². The van der Waals surface area contributed by atoms with Crippen molar-refractivity contribution in [1.29, 1.82) is 0 Å². The van der Waals surface area contributed by atoms with Crippen molar-refractivity contribution >= 4 is 21.4 Å². The van der Waals surface area contributed by atoms with Gasteiger partial charge in [-0.1, -0.05) is 18.2 Å². The number of aryl methyl sites for hydroxylation is 2. The van der Waals surface area contributed by atoms with Gasteiger partial charge in [0.05, 0.1) is 10.6 Å². The number of aromatic nitrogens is 1. The number of halogens is 2. The van der Waals surface area contributed by atoms with Crippen molar-refractivity contribution in [2.45, 2.75) is 30.2 Å². The van der Waals surface area contributed by atoms with Gasteiger partial charge in [-0.25, -0.2) is 17.2 Å². The third-order valence-electron chi connectivity index (χ3n) is 4.48. The third-order valence-corrected chi connectivity index (χ3v) is 6.40. The summed E-state index contributed by atoms with van der Waals surface area (Å²) in [7, 11) is -4.12. The highest BCUT2D eigenvalue weighted by Gasteiger charge is 2.26. The highest BCUT2D eigenvalue weighted by Crippen LogP contribution is 2.21. The molecule has 3 aromatic rings. The second-order valence-electron chi connectivity index (χ2n) is 6.68. The summed E-state index contributed by atoms with van der Waals surface area (Å²) in [4.78, 5) is 24.9. The molecule has 1 N–H and O–H groups in total. The average Bonchev–Trinajstić information content (AvgIpc) is 2.68. The van der Waals surface area contributed by atoms with E-state index in [-0.39, 0.29) is 16.1 Å². The van der Waals surface area contributed by atoms with Crippen molar-refractivity contribution in [3.05, 3.63) is 87.8 Å². The minimum absolute atomic E-state index is 0.0492. The van der Waals surface area contributed by atoms with E-state index in [1.807, 2.05) is 0 Å². The van der Waals surface area contributed by atoms with Crippen LogP contribution in [0.4, 0.5) is 14.5 Å². The minimum Gasteiger partial charge on any atom is -0.322 e. The van der Waals surface area contributed by atoms with Gasteiger partial charge in [-0.15, -0.1) is 0 Å². The van der Waals surface area contributed by atoms with Gasteiger partial charge in [-0.2, -0.15) is 0 Å². The Morgan fingerprint density at radius 1 is 1.03 bits per heavy atom. The smallest absolute Gasteiger partial charge is 0.270 e. The van der Waals surface area contributed by atoms with Gasteiger partial charge in [0.2, 0.25) is 15.7 Å². The van der Waals surface area contributed by atoms with E-state index in [0.29, 0.717) is 5.69 Å². The maximum Gasteiger partial charge on any atom is 0.270 e. The molecule has 156 valence electrons. The first-order valence-corrected chi connectivity index (χ1v) is 10.4. The second kappa shape index (κ2) is 8.19. The van der Waals surface area contributed by atoms with Crippen LogP contribution in [0.2, 0.25) is 0 Å². The Labute approximate surface area is 171 Å². The summed E-state index contributed by atoms with van der Waals surface area (Å²) in [5.41, 5.74) is -0.658. The van der Waals surface area contributed by atoms with Crippen LogP contribution in [0.3, 0.4) is 0 Å². The number of carbonyl (C=O) groups is 1. The van der Waals surface area contributed by atoms with E-state index in [2.05, 4.69) is 5.32 Å². The summed E-state index contributed by atoms with van der Waals surface area (Å²) in [6.45, 7) is 2.47. The Bertz CT molecular complexity index is 1290. The van der Waals surface area contributed by atoms with Crippen molar-refractivity contribution in [1.82, 2.24) is 4.57 Å². The molecule has 0 spiro atoms. The zero-order chi connectivity index (χ0) is 22.1. The fourth-order valence-electron chi connectivity index (χ4n) is 3.08. The van der Waals surface area contributed by atoms with Crippen molar-refractivity contribution in [3.63, 3.8) is 0 Å². The predicted octanol–water partition coefficient (Wildman–Crippen LogP) is 3.21. The number of hydrogen-bond acceptors (Lipinski definition) is 4. The topological polar surface area (TPSA) is 85.2 Å². The van der Waals surface area contributed by atoms with Gasteiger partial charge < -0.3 is 9.88 Å². The zero-order valence-electron chi connectivity index (χ0n) is 16.1. The number of amides is 1. The van der Waals surface area contributed by atoms with E-state index < -0.39 is 44.4 Å². The standard InChI is InChI=1S/C21H18F2N2O4S/c1-13-10-14(2)25(12-19(26)24-18-11-15(22)8-9-17(18)23)21(27)20(13)30(28,29)16-6-4-3-5-7-16/h3-11H,12H2,1-2H3,(H,24,26). The summed E-state index contributed by atoms with van der Waals surface area (Å²) in [6.07, 6.45) is 0. The second-order valence-corrected chi connectivity index (χ2v) is 8.56. The van der Waals surface area contributed by atoms with Gasteiger partial charge >= 0.3 is 0 Å². The number of anilines is 1. The Morgan fingerprint density at radius 2 is 1.70 bits per heavy atom. The SMILES string of the molecule is Cc1cc(C)n(CC(=O)Nc2cc(F)ccc2F)c(=O)c1S(=O)(=O)c1ccccc1. The molecule has 2 aromatic carbocycles. The van der Waals surface area contributed by atoms with Crippen LogP contribution < -0.4 is 10.9 Å². The molecule has 1 aromatic heterocycles. The molecule has 6 nitrogen and oxygen atoms in total. The summed E-state index contributed by atoms with van der Waals surface area (Å²) in [6, 6.07) is 11.5. The van der Waals surface area contributed by atoms with E-state index >= 15 is 0 Å². The van der Waals surface area contributed by atoms with Crippen LogP contribution in [0.25, 0.3) is 0 Å². The quantitative estimate of drug-likeness (QED) is 0.671. The molecule has 0 saturated carbocycles. The maximum atomic E-state index is 13.8. The number of pyridine rings is 1. The number of carbonyl (C=O) groups excluding carboxylic acids is 1. The van der Waals surface area contributed by atoms with E-state index in [0.717, 1.165) is 22.8 Å². The first-order chi connectivity index (χ1) is 14.1. The molecule has 0 unspecified atom stereocenters. The summed E-state index contributed by atoms with van der Waals surface area (Å²) >= 11 is 0. The van der Waals surface area contributed by atoms with Crippen LogP contribution in [0.1, 0.15) is 11.3 Å². The van der Waals surface area contributed by atoms with Crippen molar-refractivity contribution < 1.29 is 22.0 Å². The molecular weight excluding hydrogens is 414 g/mol. The lowest BCUT2D eigenvalue weighted by Gasteiger charge is -2.15. The summed E-state index contributed by atoms with van der Waals surface area (Å²) < 4.78 is 54.0. The molecule has 0 bridgehead atoms. The Balaban J connectivity index is 2.01. The molecule has 9 heteroatoms. The van der Waals surface area contributed by atoms with Gasteiger partial charge in [0.25, 0.3) is 5.56 Å². The molecule has 0 saturated heterocycles. The molecule has 0 radical (unpaired) electrons. The number of benzene rings is 2. The zero-order valence-corrected chi connectivity index (χ0v) is 17.0. The molecule has 0 aliphatic rings. The molecular formula is C21H18F2N2O4S. The van der Waals surface area contributed by atoms with E-state index in [4.69, 9.17) is 0 Å². The van der Waals surface area contributed by atoms with Crippen LogP contribution in [0, 0.1) is 25.5 Å². The lowest BCUT2D eigenvalue weighted by Crippen LogP contribution is -2.33. The van der Waals surface area contributed by atoms with Crippen LogP contribution in [-0.4, -0.2) is 18.9 Å². The van der Waals surface area contributed by atoms with Crippen LogP contribution in [0.15, 0.2) is 69.2 Å². The van der Waals surface area contributed by atoms with Crippen molar-refractivity contribution in [3.8, 4) is 0 Å². The summed E-state index contributed by atoms with van der Waals surface area (Å²) in [5.74, 6) is -2.40. The Morgan fingerprint density at radius 3 is 2.37 bits per heavy atom. The molecule has 30 heavy (non-hydrogen) atoms. The lowest BCUT2D eigenvalue weighted by molar-refractivity contribution is -0.116. The van der Waals surface area contributed by atoms with Crippen LogP contribution in [0.5, 0.6) is 0 Å². The monoisotopic (exact) mass is 432 g/mol. The van der Waals surface area contributed by atoms with Gasteiger partial charge in [0.15, 0.2) is 0 Å². The van der Waals surface area contributed by atoms with Crippen LogP contribution in [-0.2, 0) is 21.2 Å². The first-order valence-electron chi connectivity index (χ1n) is 8.87. The minimum atomic E-state index is -4.12. The number of rotatable bonds is 5. The highest BCUT2D eigenvalue weighted by atomic mass is 32.2. The predicted molar refractivity (Wildman–Crippen MR) is 107 cm³/mol. The van der Waals surface area contributed by atoms with Crippen molar-refractivity contribution in [2.24, 2.45) is 0 Å². The molecule has 0 atom stereocenters. The normalized spacial score (nSPS) is 11.3. The van der Waals surface area contributed by atoms with Crippen LogP contribution >= 0.6 is 0 Å². The lowest BCUT2D eigenvalue weighted by atomic mass is 10.2. The van der Waals surface area contributed by atoms with Gasteiger partial charge in [-0.3, -0.25) is 9.59 Å². The summed E-state index contributed by atoms with van der Waals surface area (Å²) in [5, 5.41) is 2.20. The number of nitrogens with zero attached hydrogens (tertiary/aromatic N) is 1. The number of nitrogens with one attached hydrogen (secondary N) is 1. The van der Waals surface area contributed by atoms with Gasteiger partial charge in [0, 0.05) is 11.8 Å². The average molecular weight is 432 g/mol. The Hall–Kier alpha value is -3.33. The first kappa shape index (κ1) is 21.4. The molecule has 3 rings (SSSR count). The van der Waals surface area contributed by atoms with Gasteiger partial charge in [-0.05, 0) is 49.7 Å². The number of sulfone groups is 1. The van der Waals surface area contributed by atoms with E-state index in [9.17, 15) is 26.8 Å². The van der Waals surface area contributed by atoms with E-state index in [1.165, 1.54) is 37.3 Å². The molecule has 0 aliphatic carbocycles.